The van der Waals surface area contributed by atoms with E-state index in [1.165, 1.54) is 36.2 Å². The average molecular weight is 400 g/mol. The lowest BCUT2D eigenvalue weighted by atomic mass is 10.0. The van der Waals surface area contributed by atoms with Crippen molar-refractivity contribution < 1.29 is 9.18 Å². The van der Waals surface area contributed by atoms with Gasteiger partial charge in [0.1, 0.15) is 5.82 Å². The molecular weight excluding hydrogens is 369 g/mol. The number of halogens is 1. The Labute approximate surface area is 171 Å². The summed E-state index contributed by atoms with van der Waals surface area (Å²) >= 11 is 0. The summed E-state index contributed by atoms with van der Waals surface area (Å²) in [5.74, 6) is -0.286. The van der Waals surface area contributed by atoms with Gasteiger partial charge in [0.2, 0.25) is 0 Å². The second kappa shape index (κ2) is 8.53. The number of rotatable bonds is 5. The van der Waals surface area contributed by atoms with Crippen LogP contribution >= 0.6 is 0 Å². The minimum absolute atomic E-state index is 0.113. The van der Waals surface area contributed by atoms with Crippen LogP contribution in [0, 0.1) is 5.82 Å². The molecule has 2 aromatic rings. The number of nitrogens with zero attached hydrogens (tertiary/aromatic N) is 4. The summed E-state index contributed by atoms with van der Waals surface area (Å²) in [6, 6.07) is 6.48. The van der Waals surface area contributed by atoms with Crippen LogP contribution in [-0.2, 0) is 26.1 Å². The number of hydrogen-bond donors (Lipinski definition) is 1. The zero-order chi connectivity index (χ0) is 20.4. The van der Waals surface area contributed by atoms with Gasteiger partial charge in [0.25, 0.3) is 0 Å². The molecule has 0 radical (unpaired) electrons. The Morgan fingerprint density at radius 2 is 2.03 bits per heavy atom. The lowest BCUT2D eigenvalue weighted by Crippen LogP contribution is -2.43. The highest BCUT2D eigenvalue weighted by atomic mass is 19.1. The lowest BCUT2D eigenvalue weighted by Gasteiger charge is -2.29. The van der Waals surface area contributed by atoms with Gasteiger partial charge in [-0.1, -0.05) is 12.1 Å². The molecule has 6 nitrogen and oxygen atoms in total. The molecule has 29 heavy (non-hydrogen) atoms. The van der Waals surface area contributed by atoms with E-state index in [-0.39, 0.29) is 17.9 Å². The Kier molecular flexibility index (Phi) is 5.85. The molecule has 0 bridgehead atoms. The molecule has 0 aliphatic carbocycles. The fraction of sp³-hybridized carbons (Fsp3) is 0.545. The number of hydrogen-bond acceptors (Lipinski definition) is 3. The minimum atomic E-state index is -0.286. The summed E-state index contributed by atoms with van der Waals surface area (Å²) in [7, 11) is 0. The van der Waals surface area contributed by atoms with Gasteiger partial charge in [-0.25, -0.2) is 9.18 Å². The Hall–Kier alpha value is -2.41. The first-order valence-corrected chi connectivity index (χ1v) is 10.6. The van der Waals surface area contributed by atoms with Crippen LogP contribution in [0.2, 0.25) is 0 Å². The summed E-state index contributed by atoms with van der Waals surface area (Å²) in [5.41, 5.74) is 4.41. The molecule has 2 aliphatic rings. The number of carbonyl (C=O) groups excluding carboxylic acids is 1. The fourth-order valence-corrected chi connectivity index (χ4v) is 4.34. The summed E-state index contributed by atoms with van der Waals surface area (Å²) in [6.45, 7) is 9.05. The first-order chi connectivity index (χ1) is 14.0. The molecule has 1 aromatic heterocycles. The highest BCUT2D eigenvalue weighted by molar-refractivity contribution is 5.74. The van der Waals surface area contributed by atoms with E-state index in [9.17, 15) is 9.18 Å². The van der Waals surface area contributed by atoms with E-state index in [0.29, 0.717) is 19.6 Å². The molecular formula is C22H30FN5O. The van der Waals surface area contributed by atoms with Crippen molar-refractivity contribution in [2.45, 2.75) is 58.8 Å². The maximum atomic E-state index is 13.3. The van der Waals surface area contributed by atoms with Gasteiger partial charge in [0.15, 0.2) is 0 Å². The van der Waals surface area contributed by atoms with E-state index in [1.54, 1.807) is 6.07 Å². The van der Waals surface area contributed by atoms with Crippen LogP contribution in [0.3, 0.4) is 0 Å². The number of nitrogens with one attached hydrogen (secondary N) is 1. The van der Waals surface area contributed by atoms with E-state index >= 15 is 0 Å². The van der Waals surface area contributed by atoms with Crippen LogP contribution in [0.25, 0.3) is 0 Å². The standard InChI is InChI=1S/C22H30FN5O/c1-16(2)28-21-15-27(22(29)24-13-17-6-5-7-18(23)12-17)11-8-19(21)20(25-28)14-26-9-3-4-10-26/h5-7,12,16H,3-4,8-11,13-15H2,1-2H3,(H,24,29). The van der Waals surface area contributed by atoms with Gasteiger partial charge >= 0.3 is 6.03 Å². The number of amides is 2. The molecule has 2 aliphatic heterocycles. The highest BCUT2D eigenvalue weighted by Gasteiger charge is 2.29. The number of benzene rings is 1. The average Bonchev–Trinajstić information content (AvgIpc) is 3.34. The number of urea groups is 1. The molecule has 3 heterocycles. The predicted molar refractivity (Wildman–Crippen MR) is 110 cm³/mol. The van der Waals surface area contributed by atoms with Crippen LogP contribution in [0.15, 0.2) is 24.3 Å². The molecule has 1 saturated heterocycles. The number of carbonyl (C=O) groups is 1. The first-order valence-electron chi connectivity index (χ1n) is 10.6. The van der Waals surface area contributed by atoms with Gasteiger partial charge < -0.3 is 10.2 Å². The molecule has 1 N–H and O–H groups in total. The van der Waals surface area contributed by atoms with E-state index in [0.717, 1.165) is 37.3 Å². The topological polar surface area (TPSA) is 53.4 Å². The van der Waals surface area contributed by atoms with Gasteiger partial charge in [0, 0.05) is 31.2 Å². The molecule has 0 saturated carbocycles. The van der Waals surface area contributed by atoms with Crippen LogP contribution in [0.4, 0.5) is 9.18 Å². The molecule has 0 spiro atoms. The zero-order valence-corrected chi connectivity index (χ0v) is 17.3. The van der Waals surface area contributed by atoms with Crippen molar-refractivity contribution in [1.29, 1.82) is 0 Å². The fourth-order valence-electron chi connectivity index (χ4n) is 4.34. The van der Waals surface area contributed by atoms with E-state index in [2.05, 4.69) is 28.7 Å². The monoisotopic (exact) mass is 399 g/mol. The molecule has 4 rings (SSSR count). The molecule has 2 amide bonds. The van der Waals surface area contributed by atoms with Crippen LogP contribution < -0.4 is 5.32 Å². The van der Waals surface area contributed by atoms with Crippen molar-refractivity contribution in [1.82, 2.24) is 24.9 Å². The van der Waals surface area contributed by atoms with Gasteiger partial charge in [-0.15, -0.1) is 0 Å². The molecule has 0 unspecified atom stereocenters. The SMILES string of the molecule is CC(C)n1nc(CN2CCCC2)c2c1CN(C(=O)NCc1cccc(F)c1)CC2. The molecule has 1 fully saturated rings. The lowest BCUT2D eigenvalue weighted by molar-refractivity contribution is 0.189. The Morgan fingerprint density at radius 1 is 1.24 bits per heavy atom. The summed E-state index contributed by atoms with van der Waals surface area (Å²) < 4.78 is 15.4. The second-order valence-electron chi connectivity index (χ2n) is 8.35. The van der Waals surface area contributed by atoms with Crippen molar-refractivity contribution >= 4 is 6.03 Å². The van der Waals surface area contributed by atoms with Gasteiger partial charge in [-0.2, -0.15) is 5.10 Å². The third-order valence-corrected chi connectivity index (χ3v) is 5.86. The molecule has 7 heteroatoms. The third-order valence-electron chi connectivity index (χ3n) is 5.86. The minimum Gasteiger partial charge on any atom is -0.334 e. The molecule has 1 aromatic carbocycles. The Bertz CT molecular complexity index is 872. The van der Waals surface area contributed by atoms with Crippen molar-refractivity contribution in [2.24, 2.45) is 0 Å². The van der Waals surface area contributed by atoms with E-state index < -0.39 is 0 Å². The maximum absolute atomic E-state index is 13.3. The normalized spacial score (nSPS) is 17.0. The largest absolute Gasteiger partial charge is 0.334 e. The second-order valence-corrected chi connectivity index (χ2v) is 8.35. The van der Waals surface area contributed by atoms with E-state index in [4.69, 9.17) is 5.10 Å². The number of fused-ring (bicyclic) bond motifs is 1. The van der Waals surface area contributed by atoms with Crippen LogP contribution in [0.1, 0.15) is 55.2 Å². The van der Waals surface area contributed by atoms with Crippen LogP contribution in [-0.4, -0.2) is 45.2 Å². The predicted octanol–water partition coefficient (Wildman–Crippen LogP) is 3.47. The van der Waals surface area contributed by atoms with Crippen molar-refractivity contribution in [3.8, 4) is 0 Å². The smallest absolute Gasteiger partial charge is 0.318 e. The summed E-state index contributed by atoms with van der Waals surface area (Å²) in [6.07, 6.45) is 3.37. The van der Waals surface area contributed by atoms with Crippen molar-refractivity contribution in [3.05, 3.63) is 52.6 Å². The number of aromatic nitrogens is 2. The zero-order valence-electron chi connectivity index (χ0n) is 17.3. The van der Waals surface area contributed by atoms with Gasteiger partial charge in [-0.05, 0) is 63.9 Å². The van der Waals surface area contributed by atoms with Gasteiger partial charge in [-0.3, -0.25) is 9.58 Å². The van der Waals surface area contributed by atoms with Gasteiger partial charge in [0.05, 0.1) is 17.9 Å². The maximum Gasteiger partial charge on any atom is 0.318 e. The van der Waals surface area contributed by atoms with Crippen LogP contribution in [0.5, 0.6) is 0 Å². The highest BCUT2D eigenvalue weighted by Crippen LogP contribution is 2.27. The van der Waals surface area contributed by atoms with E-state index in [1.807, 2.05) is 11.0 Å². The third kappa shape index (κ3) is 4.45. The molecule has 156 valence electrons. The Morgan fingerprint density at radius 3 is 2.76 bits per heavy atom. The van der Waals surface area contributed by atoms with Crippen molar-refractivity contribution in [3.63, 3.8) is 0 Å². The summed E-state index contributed by atoms with van der Waals surface area (Å²) in [5, 5.41) is 7.85. The van der Waals surface area contributed by atoms with Crippen molar-refractivity contribution in [2.75, 3.05) is 19.6 Å². The summed E-state index contributed by atoms with van der Waals surface area (Å²) in [4.78, 5) is 17.0. The quantitative estimate of drug-likeness (QED) is 0.838. The first kappa shape index (κ1) is 19.9. The Balaban J connectivity index is 1.45. The number of likely N-dealkylation sites (tertiary alicyclic amines) is 1. The molecule has 0 atom stereocenters.